The van der Waals surface area contributed by atoms with E-state index in [4.69, 9.17) is 0 Å². The summed E-state index contributed by atoms with van der Waals surface area (Å²) in [7, 11) is 0. The van der Waals surface area contributed by atoms with Crippen molar-refractivity contribution in [3.8, 4) is 0 Å². The predicted molar refractivity (Wildman–Crippen MR) is 75.9 cm³/mol. The van der Waals surface area contributed by atoms with Crippen LogP contribution < -0.4 is 5.32 Å². The normalized spacial score (nSPS) is 23.3. The molecule has 110 valence electrons. The molecule has 0 aromatic heterocycles. The maximum atomic E-state index is 14.0. The summed E-state index contributed by atoms with van der Waals surface area (Å²) >= 11 is 0. The Hall–Kier alpha value is -1.49. The fraction of sp³-hybridized carbons (Fsp3) is 0.600. The Morgan fingerprint density at radius 1 is 1.35 bits per heavy atom. The minimum absolute atomic E-state index is 0.350. The molecule has 0 aliphatic heterocycles. The Morgan fingerprint density at radius 2 is 2.10 bits per heavy atom. The van der Waals surface area contributed by atoms with Crippen LogP contribution in [0.15, 0.2) is 18.2 Å². The van der Waals surface area contributed by atoms with Gasteiger partial charge in [0.25, 0.3) is 0 Å². The molecule has 4 nitrogen and oxygen atoms in total. The summed E-state index contributed by atoms with van der Waals surface area (Å²) in [5.74, 6) is -0.148. The number of nitrogens with one attached hydrogen (secondary N) is 1. The lowest BCUT2D eigenvalue weighted by Gasteiger charge is -2.23. The topological polar surface area (TPSA) is 55.2 Å². The lowest BCUT2D eigenvalue weighted by Crippen LogP contribution is -2.34. The van der Waals surface area contributed by atoms with Gasteiger partial charge in [-0.25, -0.2) is 0 Å². The number of halogens is 1. The van der Waals surface area contributed by atoms with Crippen LogP contribution >= 0.6 is 0 Å². The second-order valence-corrected chi connectivity index (χ2v) is 5.61. The lowest BCUT2D eigenvalue weighted by molar-refractivity contribution is -0.387. The van der Waals surface area contributed by atoms with Crippen molar-refractivity contribution in [3.63, 3.8) is 0 Å². The van der Waals surface area contributed by atoms with Crippen molar-refractivity contribution in [2.75, 3.05) is 0 Å². The first kappa shape index (κ1) is 14.9. The van der Waals surface area contributed by atoms with Crippen LogP contribution in [0.3, 0.4) is 0 Å². The van der Waals surface area contributed by atoms with E-state index in [0.717, 1.165) is 6.42 Å². The molecule has 1 aromatic rings. The quantitative estimate of drug-likeness (QED) is 0.518. The Kier molecular flexibility index (Phi) is 5.06. The SMILES string of the molecule is CC1CCCCCC1NCc1cccc([N+](=O)[O-])c1F. The number of hydrogen-bond acceptors (Lipinski definition) is 3. The van der Waals surface area contributed by atoms with Crippen molar-refractivity contribution < 1.29 is 9.31 Å². The highest BCUT2D eigenvalue weighted by Crippen LogP contribution is 2.24. The molecule has 1 aliphatic rings. The average molecular weight is 280 g/mol. The standard InChI is InChI=1S/C15H21FN2O2/c1-11-6-3-2-4-8-13(11)17-10-12-7-5-9-14(15(12)16)18(19)20/h5,7,9,11,13,17H,2-4,6,8,10H2,1H3. The molecule has 2 rings (SSSR count). The van der Waals surface area contributed by atoms with E-state index in [1.165, 1.54) is 37.8 Å². The van der Waals surface area contributed by atoms with Gasteiger partial charge in [-0.2, -0.15) is 4.39 Å². The van der Waals surface area contributed by atoms with Gasteiger partial charge in [0.15, 0.2) is 0 Å². The second kappa shape index (κ2) is 6.79. The molecule has 0 amide bonds. The molecule has 2 atom stereocenters. The van der Waals surface area contributed by atoms with Gasteiger partial charge in [0, 0.05) is 24.2 Å². The van der Waals surface area contributed by atoms with Crippen LogP contribution in [0.4, 0.5) is 10.1 Å². The lowest BCUT2D eigenvalue weighted by atomic mass is 9.96. The van der Waals surface area contributed by atoms with E-state index < -0.39 is 16.4 Å². The highest BCUT2D eigenvalue weighted by atomic mass is 19.1. The van der Waals surface area contributed by atoms with Crippen LogP contribution in [0, 0.1) is 21.8 Å². The van der Waals surface area contributed by atoms with E-state index in [9.17, 15) is 14.5 Å². The Balaban J connectivity index is 2.03. The van der Waals surface area contributed by atoms with Crippen LogP contribution in [0.2, 0.25) is 0 Å². The van der Waals surface area contributed by atoms with E-state index in [0.29, 0.717) is 24.1 Å². The molecule has 1 aliphatic carbocycles. The molecule has 0 spiro atoms. The number of nitro groups is 1. The molecule has 1 aromatic carbocycles. The van der Waals surface area contributed by atoms with E-state index >= 15 is 0 Å². The number of benzene rings is 1. The van der Waals surface area contributed by atoms with Crippen LogP contribution in [0.25, 0.3) is 0 Å². The van der Waals surface area contributed by atoms with Crippen LogP contribution in [-0.2, 0) is 6.54 Å². The minimum atomic E-state index is -0.716. The number of rotatable bonds is 4. The monoisotopic (exact) mass is 280 g/mol. The summed E-state index contributed by atoms with van der Waals surface area (Å²) < 4.78 is 14.0. The second-order valence-electron chi connectivity index (χ2n) is 5.61. The molecule has 20 heavy (non-hydrogen) atoms. The van der Waals surface area contributed by atoms with Gasteiger partial charge < -0.3 is 5.32 Å². The summed E-state index contributed by atoms with van der Waals surface area (Å²) in [4.78, 5) is 10.0. The fourth-order valence-corrected chi connectivity index (χ4v) is 2.88. The van der Waals surface area contributed by atoms with Gasteiger partial charge in [0.1, 0.15) is 0 Å². The maximum absolute atomic E-state index is 14.0. The number of nitrogens with zero attached hydrogens (tertiary/aromatic N) is 1. The van der Waals surface area contributed by atoms with Gasteiger partial charge in [-0.1, -0.05) is 38.3 Å². The smallest absolute Gasteiger partial charge is 0.305 e. The summed E-state index contributed by atoms with van der Waals surface area (Å²) in [6, 6.07) is 4.72. The summed E-state index contributed by atoms with van der Waals surface area (Å²) in [5, 5.41) is 14.1. The zero-order chi connectivity index (χ0) is 14.5. The van der Waals surface area contributed by atoms with Gasteiger partial charge in [0.05, 0.1) is 4.92 Å². The molecule has 1 fully saturated rings. The van der Waals surface area contributed by atoms with Crippen molar-refractivity contribution in [1.29, 1.82) is 0 Å². The molecule has 0 saturated heterocycles. The van der Waals surface area contributed by atoms with Gasteiger partial charge in [-0.15, -0.1) is 0 Å². The fourth-order valence-electron chi connectivity index (χ4n) is 2.88. The van der Waals surface area contributed by atoms with Gasteiger partial charge >= 0.3 is 5.69 Å². The first-order chi connectivity index (χ1) is 9.59. The van der Waals surface area contributed by atoms with E-state index in [-0.39, 0.29) is 0 Å². The van der Waals surface area contributed by atoms with Crippen LogP contribution in [-0.4, -0.2) is 11.0 Å². The molecule has 2 unspecified atom stereocenters. The molecule has 1 N–H and O–H groups in total. The minimum Gasteiger partial charge on any atom is -0.310 e. The third kappa shape index (κ3) is 3.54. The molecule has 5 heteroatoms. The summed E-state index contributed by atoms with van der Waals surface area (Å²) in [6.45, 7) is 2.56. The molecule has 0 heterocycles. The van der Waals surface area contributed by atoms with Crippen LogP contribution in [0.1, 0.15) is 44.6 Å². The number of hydrogen-bond donors (Lipinski definition) is 1. The Bertz CT molecular complexity index is 479. The zero-order valence-corrected chi connectivity index (χ0v) is 11.8. The van der Waals surface area contributed by atoms with Crippen molar-refractivity contribution in [2.24, 2.45) is 5.92 Å². The molecule has 0 radical (unpaired) electrons. The number of nitro benzene ring substituents is 1. The van der Waals surface area contributed by atoms with E-state index in [1.807, 2.05) is 0 Å². The van der Waals surface area contributed by atoms with Crippen molar-refractivity contribution in [3.05, 3.63) is 39.7 Å². The summed E-state index contributed by atoms with van der Waals surface area (Å²) in [6.07, 6.45) is 5.99. The third-order valence-electron chi connectivity index (χ3n) is 4.17. The molecule has 0 bridgehead atoms. The molecule has 1 saturated carbocycles. The first-order valence-corrected chi connectivity index (χ1v) is 7.24. The van der Waals surface area contributed by atoms with Crippen molar-refractivity contribution in [1.82, 2.24) is 5.32 Å². The average Bonchev–Trinajstić information content (AvgIpc) is 2.62. The highest BCUT2D eigenvalue weighted by Gasteiger charge is 2.21. The first-order valence-electron chi connectivity index (χ1n) is 7.24. The van der Waals surface area contributed by atoms with Crippen molar-refractivity contribution >= 4 is 5.69 Å². The maximum Gasteiger partial charge on any atom is 0.305 e. The Morgan fingerprint density at radius 3 is 2.85 bits per heavy atom. The largest absolute Gasteiger partial charge is 0.310 e. The third-order valence-corrected chi connectivity index (χ3v) is 4.17. The van der Waals surface area contributed by atoms with E-state index in [2.05, 4.69) is 12.2 Å². The van der Waals surface area contributed by atoms with Crippen molar-refractivity contribution in [2.45, 2.75) is 51.6 Å². The molecular weight excluding hydrogens is 259 g/mol. The Labute approximate surface area is 118 Å². The van der Waals surface area contributed by atoms with E-state index in [1.54, 1.807) is 6.07 Å². The summed E-state index contributed by atoms with van der Waals surface area (Å²) in [5.41, 5.74) is -0.0751. The van der Waals surface area contributed by atoms with Gasteiger partial charge in [0.2, 0.25) is 5.82 Å². The predicted octanol–water partition coefficient (Wildman–Crippen LogP) is 3.79. The zero-order valence-electron chi connectivity index (χ0n) is 11.8. The highest BCUT2D eigenvalue weighted by molar-refractivity contribution is 5.36. The van der Waals surface area contributed by atoms with Gasteiger partial charge in [-0.05, 0) is 18.8 Å². The van der Waals surface area contributed by atoms with Gasteiger partial charge in [-0.3, -0.25) is 10.1 Å². The molecular formula is C15H21FN2O2. The van der Waals surface area contributed by atoms with Crippen LogP contribution in [0.5, 0.6) is 0 Å².